The SMILES string of the molecule is COc1cccc(Cl)c1-c1cc(S(=O)(=O)Nc2ccc(C#N)cc2F)c[nH]1. The molecule has 3 rings (SSSR count). The van der Waals surface area contributed by atoms with Gasteiger partial charge in [-0.05, 0) is 36.4 Å². The van der Waals surface area contributed by atoms with E-state index in [1.165, 1.54) is 31.5 Å². The number of hydrogen-bond acceptors (Lipinski definition) is 4. The molecule has 0 fully saturated rings. The fourth-order valence-corrected chi connectivity index (χ4v) is 3.81. The van der Waals surface area contributed by atoms with E-state index in [4.69, 9.17) is 21.6 Å². The van der Waals surface area contributed by atoms with Gasteiger partial charge in [0, 0.05) is 6.20 Å². The second-order valence-electron chi connectivity index (χ2n) is 5.48. The van der Waals surface area contributed by atoms with Gasteiger partial charge in [-0.25, -0.2) is 12.8 Å². The highest BCUT2D eigenvalue weighted by molar-refractivity contribution is 7.92. The molecule has 1 heterocycles. The standard InChI is InChI=1S/C18H13ClFN3O3S/c1-26-17-4-2-3-13(19)18(17)16-8-12(10-22-16)27(24,25)23-15-6-5-11(9-21)7-14(15)20/h2-8,10,22-23H,1H3. The van der Waals surface area contributed by atoms with Crippen molar-refractivity contribution < 1.29 is 17.5 Å². The first-order valence-electron chi connectivity index (χ1n) is 7.59. The minimum atomic E-state index is -4.06. The molecule has 6 nitrogen and oxygen atoms in total. The lowest BCUT2D eigenvalue weighted by molar-refractivity contribution is 0.416. The number of hydrogen-bond donors (Lipinski definition) is 2. The van der Waals surface area contributed by atoms with Crippen LogP contribution in [0.4, 0.5) is 10.1 Å². The molecule has 0 aliphatic heterocycles. The summed E-state index contributed by atoms with van der Waals surface area (Å²) in [5.41, 5.74) is 0.767. The smallest absolute Gasteiger partial charge is 0.263 e. The molecule has 9 heteroatoms. The Labute approximate surface area is 160 Å². The molecule has 0 saturated carbocycles. The number of nitriles is 1. The third-order valence-corrected chi connectivity index (χ3v) is 5.43. The van der Waals surface area contributed by atoms with Crippen molar-refractivity contribution in [2.45, 2.75) is 4.90 Å². The number of sulfonamides is 1. The van der Waals surface area contributed by atoms with Crippen LogP contribution in [-0.4, -0.2) is 20.5 Å². The third kappa shape index (κ3) is 3.74. The van der Waals surface area contributed by atoms with Crippen LogP contribution in [0.3, 0.4) is 0 Å². The highest BCUT2D eigenvalue weighted by atomic mass is 35.5. The molecule has 1 aromatic heterocycles. The van der Waals surface area contributed by atoms with E-state index < -0.39 is 15.8 Å². The van der Waals surface area contributed by atoms with Gasteiger partial charge in [0.1, 0.15) is 16.5 Å². The van der Waals surface area contributed by atoms with Crippen LogP contribution < -0.4 is 9.46 Å². The van der Waals surface area contributed by atoms with Gasteiger partial charge in [-0.15, -0.1) is 0 Å². The summed E-state index contributed by atoms with van der Waals surface area (Å²) in [6, 6.07) is 11.7. The number of anilines is 1. The molecule has 138 valence electrons. The van der Waals surface area contributed by atoms with Crippen LogP contribution >= 0.6 is 11.6 Å². The van der Waals surface area contributed by atoms with E-state index in [0.29, 0.717) is 22.0 Å². The monoisotopic (exact) mass is 405 g/mol. The van der Waals surface area contributed by atoms with Crippen LogP contribution in [0.2, 0.25) is 5.02 Å². The van der Waals surface area contributed by atoms with E-state index in [0.717, 1.165) is 6.07 Å². The number of methoxy groups -OCH3 is 1. The number of nitrogens with zero attached hydrogens (tertiary/aromatic N) is 1. The van der Waals surface area contributed by atoms with Crippen molar-refractivity contribution in [1.82, 2.24) is 4.98 Å². The maximum absolute atomic E-state index is 14.0. The first-order chi connectivity index (χ1) is 12.9. The highest BCUT2D eigenvalue weighted by Crippen LogP contribution is 2.36. The Kier molecular flexibility index (Phi) is 5.08. The number of ether oxygens (including phenoxy) is 1. The minimum Gasteiger partial charge on any atom is -0.496 e. The number of aromatic amines is 1. The van der Waals surface area contributed by atoms with Gasteiger partial charge in [-0.1, -0.05) is 17.7 Å². The van der Waals surface area contributed by atoms with Crippen LogP contribution in [0.1, 0.15) is 5.56 Å². The number of benzene rings is 2. The molecule has 2 N–H and O–H groups in total. The Hall–Kier alpha value is -3.02. The minimum absolute atomic E-state index is 0.0881. The van der Waals surface area contributed by atoms with E-state index in [-0.39, 0.29) is 16.1 Å². The number of rotatable bonds is 5. The Morgan fingerprint density at radius 2 is 2.04 bits per heavy atom. The van der Waals surface area contributed by atoms with Crippen molar-refractivity contribution in [3.8, 4) is 23.1 Å². The molecule has 0 radical (unpaired) electrons. The summed E-state index contributed by atoms with van der Waals surface area (Å²) in [6.45, 7) is 0. The summed E-state index contributed by atoms with van der Waals surface area (Å²) in [5.74, 6) is -0.374. The maximum Gasteiger partial charge on any atom is 0.263 e. The summed E-state index contributed by atoms with van der Waals surface area (Å²) < 4.78 is 46.5. The predicted molar refractivity (Wildman–Crippen MR) is 99.7 cm³/mol. The number of halogens is 2. The fourth-order valence-electron chi connectivity index (χ4n) is 2.48. The number of nitrogens with one attached hydrogen (secondary N) is 2. The summed E-state index contributed by atoms with van der Waals surface area (Å²) in [6.07, 6.45) is 1.27. The van der Waals surface area contributed by atoms with E-state index in [1.807, 2.05) is 0 Å². The van der Waals surface area contributed by atoms with Crippen LogP contribution in [0, 0.1) is 17.1 Å². The second-order valence-corrected chi connectivity index (χ2v) is 7.57. The van der Waals surface area contributed by atoms with Gasteiger partial charge < -0.3 is 9.72 Å². The molecule has 0 atom stereocenters. The van der Waals surface area contributed by atoms with E-state index in [9.17, 15) is 12.8 Å². The molecular formula is C18H13ClFN3O3S. The zero-order valence-electron chi connectivity index (χ0n) is 14.0. The maximum atomic E-state index is 14.0. The molecule has 0 aliphatic carbocycles. The molecule has 0 aliphatic rings. The third-order valence-electron chi connectivity index (χ3n) is 3.77. The van der Waals surface area contributed by atoms with Gasteiger partial charge in [-0.2, -0.15) is 5.26 Å². The van der Waals surface area contributed by atoms with Crippen molar-refractivity contribution >= 4 is 27.3 Å². The molecule has 0 spiro atoms. The lowest BCUT2D eigenvalue weighted by Crippen LogP contribution is -2.13. The van der Waals surface area contributed by atoms with E-state index in [2.05, 4.69) is 9.71 Å². The summed E-state index contributed by atoms with van der Waals surface area (Å²) in [7, 11) is -2.59. The number of H-pyrrole nitrogens is 1. The van der Waals surface area contributed by atoms with Crippen molar-refractivity contribution in [3.63, 3.8) is 0 Å². The lowest BCUT2D eigenvalue weighted by Gasteiger charge is -2.09. The second kappa shape index (κ2) is 7.31. The van der Waals surface area contributed by atoms with Crippen LogP contribution in [0.15, 0.2) is 53.6 Å². The Morgan fingerprint density at radius 3 is 2.70 bits per heavy atom. The largest absolute Gasteiger partial charge is 0.496 e. The normalized spacial score (nSPS) is 11.0. The fraction of sp³-hybridized carbons (Fsp3) is 0.0556. The van der Waals surface area contributed by atoms with Gasteiger partial charge in [0.2, 0.25) is 0 Å². The Balaban J connectivity index is 1.96. The first-order valence-corrected chi connectivity index (χ1v) is 9.45. The van der Waals surface area contributed by atoms with Gasteiger partial charge in [-0.3, -0.25) is 4.72 Å². The van der Waals surface area contributed by atoms with Gasteiger partial charge in [0.25, 0.3) is 10.0 Å². The predicted octanol–water partition coefficient (Wildman–Crippen LogP) is 4.16. The molecule has 3 aromatic rings. The number of aromatic nitrogens is 1. The topological polar surface area (TPSA) is 95.0 Å². The zero-order chi connectivity index (χ0) is 19.6. The van der Waals surface area contributed by atoms with Crippen molar-refractivity contribution in [3.05, 3.63) is 65.1 Å². The van der Waals surface area contributed by atoms with Crippen molar-refractivity contribution in [1.29, 1.82) is 5.26 Å². The Bertz CT molecular complexity index is 1150. The van der Waals surface area contributed by atoms with E-state index in [1.54, 1.807) is 24.3 Å². The molecule has 2 aromatic carbocycles. The van der Waals surface area contributed by atoms with Gasteiger partial charge in [0.15, 0.2) is 0 Å². The van der Waals surface area contributed by atoms with Gasteiger partial charge in [0.05, 0.1) is 40.7 Å². The molecule has 27 heavy (non-hydrogen) atoms. The lowest BCUT2D eigenvalue weighted by atomic mass is 10.1. The molecule has 0 unspecified atom stereocenters. The first kappa shape index (κ1) is 18.8. The highest BCUT2D eigenvalue weighted by Gasteiger charge is 2.20. The molecule has 0 bridgehead atoms. The van der Waals surface area contributed by atoms with Gasteiger partial charge >= 0.3 is 0 Å². The summed E-state index contributed by atoms with van der Waals surface area (Å²) in [5, 5.41) is 9.14. The van der Waals surface area contributed by atoms with Crippen molar-refractivity contribution in [2.75, 3.05) is 11.8 Å². The Morgan fingerprint density at radius 1 is 1.26 bits per heavy atom. The molecular weight excluding hydrogens is 393 g/mol. The molecule has 0 saturated heterocycles. The van der Waals surface area contributed by atoms with E-state index >= 15 is 0 Å². The van der Waals surface area contributed by atoms with Crippen LogP contribution in [-0.2, 0) is 10.0 Å². The van der Waals surface area contributed by atoms with Crippen LogP contribution in [0.25, 0.3) is 11.3 Å². The molecule has 0 amide bonds. The zero-order valence-corrected chi connectivity index (χ0v) is 15.5. The summed E-state index contributed by atoms with van der Waals surface area (Å²) >= 11 is 6.20. The quantitative estimate of drug-likeness (QED) is 0.666. The summed E-state index contributed by atoms with van der Waals surface area (Å²) in [4.78, 5) is 2.73. The average Bonchev–Trinajstić information content (AvgIpc) is 3.13. The van der Waals surface area contributed by atoms with Crippen molar-refractivity contribution in [2.24, 2.45) is 0 Å². The van der Waals surface area contributed by atoms with Crippen LogP contribution in [0.5, 0.6) is 5.75 Å². The average molecular weight is 406 g/mol.